The molecule has 0 saturated carbocycles. The van der Waals surface area contributed by atoms with E-state index in [9.17, 15) is 19.5 Å². The van der Waals surface area contributed by atoms with E-state index in [4.69, 9.17) is 16.3 Å². The number of benzene rings is 3. The Morgan fingerprint density at radius 3 is 2.57 bits per heavy atom. The number of ether oxygens (including phenoxy) is 1. The highest BCUT2D eigenvalue weighted by atomic mass is 35.5. The van der Waals surface area contributed by atoms with Crippen LogP contribution in [0.3, 0.4) is 0 Å². The van der Waals surface area contributed by atoms with Crippen molar-refractivity contribution in [1.82, 2.24) is 9.55 Å². The zero-order valence-electron chi connectivity index (χ0n) is 24.5. The van der Waals surface area contributed by atoms with Gasteiger partial charge in [0, 0.05) is 53.4 Å². The van der Waals surface area contributed by atoms with Crippen LogP contribution in [0.2, 0.25) is 0 Å². The third-order valence-electron chi connectivity index (χ3n) is 7.27. The first-order valence-electron chi connectivity index (χ1n) is 13.9. The van der Waals surface area contributed by atoms with Crippen LogP contribution in [-0.2, 0) is 11.8 Å². The van der Waals surface area contributed by atoms with Gasteiger partial charge in [-0.2, -0.15) is 0 Å². The molecule has 0 aliphatic carbocycles. The summed E-state index contributed by atoms with van der Waals surface area (Å²) >= 11 is 7.63. The van der Waals surface area contributed by atoms with Gasteiger partial charge in [-0.25, -0.2) is 9.78 Å². The predicted molar refractivity (Wildman–Crippen MR) is 174 cm³/mol. The Bertz CT molecular complexity index is 1960. The molecule has 3 heterocycles. The third-order valence-corrected chi connectivity index (χ3v) is 8.76. The lowest BCUT2D eigenvalue weighted by molar-refractivity contribution is 0.0635. The first kappa shape index (κ1) is 29.5. The van der Waals surface area contributed by atoms with E-state index in [1.165, 1.54) is 11.3 Å². The van der Waals surface area contributed by atoms with Gasteiger partial charge in [-0.15, -0.1) is 22.9 Å². The number of aryl methyl sites for hydroxylation is 1. The van der Waals surface area contributed by atoms with Crippen molar-refractivity contribution in [2.75, 3.05) is 28.0 Å². The highest BCUT2D eigenvalue weighted by molar-refractivity contribution is 7.20. The summed E-state index contributed by atoms with van der Waals surface area (Å²) in [6.45, 7) is 5.70. The van der Waals surface area contributed by atoms with Crippen LogP contribution in [0.1, 0.15) is 52.5 Å². The normalized spacial score (nSPS) is 14.6. The fourth-order valence-corrected chi connectivity index (χ4v) is 6.61. The number of nitrogens with one attached hydrogen (secondary N) is 2. The van der Waals surface area contributed by atoms with Gasteiger partial charge in [0.15, 0.2) is 5.82 Å². The summed E-state index contributed by atoms with van der Waals surface area (Å²) in [6, 6.07) is 16.2. The topological polar surface area (TPSA) is 126 Å². The number of alkyl halides is 1. The number of carbonyl (C=O) groups is 3. The monoisotopic (exact) mass is 631 g/mol. The number of nitrogens with zero attached hydrogens (tertiary/aromatic N) is 3. The summed E-state index contributed by atoms with van der Waals surface area (Å²) in [5.41, 5.74) is 1.43. The largest absolute Gasteiger partial charge is 0.507 e. The van der Waals surface area contributed by atoms with Crippen molar-refractivity contribution in [1.29, 1.82) is 0 Å². The number of aromatic hydroxyl groups is 1. The second-order valence-electron chi connectivity index (χ2n) is 11.6. The number of anilines is 3. The summed E-state index contributed by atoms with van der Waals surface area (Å²) in [7, 11) is 1.68. The molecule has 6 rings (SSSR count). The average Bonchev–Trinajstić information content (AvgIpc) is 3.66. The Kier molecular flexibility index (Phi) is 7.46. The van der Waals surface area contributed by atoms with Gasteiger partial charge in [0.25, 0.3) is 11.8 Å². The zero-order valence-corrected chi connectivity index (χ0v) is 26.0. The minimum atomic E-state index is -0.624. The van der Waals surface area contributed by atoms with Gasteiger partial charge in [0.05, 0.1) is 10.6 Å². The molecule has 1 atom stereocenters. The summed E-state index contributed by atoms with van der Waals surface area (Å²) in [5, 5.41) is 18.6. The molecular weight excluding hydrogens is 602 g/mol. The van der Waals surface area contributed by atoms with Crippen molar-refractivity contribution in [2.24, 2.45) is 7.05 Å². The van der Waals surface area contributed by atoms with Crippen molar-refractivity contribution in [2.45, 2.75) is 32.3 Å². The first-order chi connectivity index (χ1) is 20.9. The molecule has 0 unspecified atom stereocenters. The minimum Gasteiger partial charge on any atom is -0.507 e. The van der Waals surface area contributed by atoms with Gasteiger partial charge in [-0.05, 0) is 61.4 Å². The number of imidazole rings is 1. The smallest absolute Gasteiger partial charge is 0.412 e. The van der Waals surface area contributed by atoms with Crippen LogP contribution >= 0.6 is 22.9 Å². The molecule has 1 aliphatic rings. The van der Waals surface area contributed by atoms with Gasteiger partial charge in [0.1, 0.15) is 11.4 Å². The van der Waals surface area contributed by atoms with Crippen molar-refractivity contribution in [3.63, 3.8) is 0 Å². The number of thiophene rings is 1. The first-order valence-corrected chi connectivity index (χ1v) is 15.3. The molecule has 44 heavy (non-hydrogen) atoms. The minimum absolute atomic E-state index is 0.0799. The molecule has 0 bridgehead atoms. The summed E-state index contributed by atoms with van der Waals surface area (Å²) in [6.07, 6.45) is 1.01. The molecule has 3 amide bonds. The summed E-state index contributed by atoms with van der Waals surface area (Å²) < 4.78 is 7.73. The number of rotatable bonds is 5. The molecule has 5 aromatic rings. The quantitative estimate of drug-likeness (QED) is 0.178. The van der Waals surface area contributed by atoms with Gasteiger partial charge in [-0.1, -0.05) is 24.3 Å². The second-order valence-corrected chi connectivity index (χ2v) is 13.0. The van der Waals surface area contributed by atoms with E-state index >= 15 is 0 Å². The van der Waals surface area contributed by atoms with Gasteiger partial charge in [0.2, 0.25) is 5.82 Å². The Labute approximate surface area is 262 Å². The summed E-state index contributed by atoms with van der Waals surface area (Å²) in [5.74, 6) is -0.132. The Morgan fingerprint density at radius 1 is 1.09 bits per heavy atom. The van der Waals surface area contributed by atoms with E-state index in [0.29, 0.717) is 34.1 Å². The number of phenols is 1. The van der Waals surface area contributed by atoms with Crippen LogP contribution in [0.15, 0.2) is 60.8 Å². The average molecular weight is 632 g/mol. The third kappa shape index (κ3) is 5.56. The maximum absolute atomic E-state index is 13.8. The molecule has 0 saturated heterocycles. The molecule has 1 aliphatic heterocycles. The number of hydrogen-bond acceptors (Lipinski definition) is 7. The van der Waals surface area contributed by atoms with Crippen LogP contribution in [-0.4, -0.2) is 50.6 Å². The highest BCUT2D eigenvalue weighted by Gasteiger charge is 2.36. The highest BCUT2D eigenvalue weighted by Crippen LogP contribution is 2.45. The van der Waals surface area contributed by atoms with Crippen molar-refractivity contribution >= 4 is 78.9 Å². The van der Waals surface area contributed by atoms with Crippen LogP contribution in [0, 0.1) is 0 Å². The molecule has 3 N–H and O–H groups in total. The van der Waals surface area contributed by atoms with Gasteiger partial charge >= 0.3 is 6.09 Å². The molecule has 2 aromatic heterocycles. The Morgan fingerprint density at radius 2 is 1.84 bits per heavy atom. The lowest BCUT2D eigenvalue weighted by Gasteiger charge is -2.19. The van der Waals surface area contributed by atoms with E-state index in [1.54, 1.807) is 67.7 Å². The van der Waals surface area contributed by atoms with Crippen LogP contribution in [0.5, 0.6) is 5.75 Å². The molecule has 0 radical (unpaired) electrons. The SMILES string of the molecule is Cn1cc(NC(=O)c2cc3cc(NC(=O)OC(C)(C)C)ccc3s2)nc1C(=O)N1C[C@@H](CCl)c2c1cc(O)c1ccccc21. The number of amides is 3. The van der Waals surface area contributed by atoms with E-state index in [-0.39, 0.29) is 35.1 Å². The molecular formula is C32H30ClN5O5S. The molecule has 226 valence electrons. The fourth-order valence-electron chi connectivity index (χ4n) is 5.42. The van der Waals surface area contributed by atoms with E-state index in [1.807, 2.05) is 30.3 Å². The number of phenolic OH excluding ortho intramolecular Hbond substituents is 1. The van der Waals surface area contributed by atoms with Crippen LogP contribution < -0.4 is 15.5 Å². The van der Waals surface area contributed by atoms with Gasteiger partial charge < -0.3 is 24.6 Å². The fraction of sp³-hybridized carbons (Fsp3) is 0.250. The maximum Gasteiger partial charge on any atom is 0.412 e. The van der Waals surface area contributed by atoms with Crippen molar-refractivity contribution in [3.8, 4) is 5.75 Å². The molecule has 12 heteroatoms. The van der Waals surface area contributed by atoms with E-state index in [2.05, 4.69) is 15.6 Å². The number of halogens is 1. The number of fused-ring (bicyclic) bond motifs is 4. The van der Waals surface area contributed by atoms with Crippen molar-refractivity contribution in [3.05, 3.63) is 77.1 Å². The number of aromatic nitrogens is 2. The zero-order chi connectivity index (χ0) is 31.3. The lowest BCUT2D eigenvalue weighted by Crippen LogP contribution is -2.32. The molecule has 0 spiro atoms. The standard InChI is InChI=1S/C32H30ClN5O5S/c1-32(2,3)43-31(42)34-19-9-10-24-17(11-19)12-25(44-24)29(40)36-26-16-37(4)28(35-26)30(41)38-15-18(14-33)27-21-8-6-5-7-20(21)23(39)13-22(27)38/h5-13,16,18,39H,14-15H2,1-4H3,(H,34,42)(H,36,40)/t18-/m1/s1. The van der Waals surface area contributed by atoms with E-state index < -0.39 is 11.7 Å². The molecule has 10 nitrogen and oxygen atoms in total. The van der Waals surface area contributed by atoms with Crippen LogP contribution in [0.25, 0.3) is 20.9 Å². The molecule has 0 fully saturated rings. The van der Waals surface area contributed by atoms with Gasteiger partial charge in [-0.3, -0.25) is 14.9 Å². The van der Waals surface area contributed by atoms with Crippen LogP contribution in [0.4, 0.5) is 22.0 Å². The van der Waals surface area contributed by atoms with Crippen molar-refractivity contribution < 1.29 is 24.2 Å². The number of hydrogen-bond donors (Lipinski definition) is 3. The Hall–Kier alpha value is -4.61. The number of carbonyl (C=O) groups excluding carboxylic acids is 3. The predicted octanol–water partition coefficient (Wildman–Crippen LogP) is 7.08. The lowest BCUT2D eigenvalue weighted by atomic mass is 9.95. The summed E-state index contributed by atoms with van der Waals surface area (Å²) in [4.78, 5) is 45.6. The maximum atomic E-state index is 13.8. The Balaban J connectivity index is 1.21. The molecule has 3 aromatic carbocycles. The van der Waals surface area contributed by atoms with E-state index in [0.717, 1.165) is 21.0 Å². The second kappa shape index (κ2) is 11.1.